The summed E-state index contributed by atoms with van der Waals surface area (Å²) < 4.78 is 1.01. The van der Waals surface area contributed by atoms with Crippen LogP contribution in [0.4, 0.5) is 5.69 Å². The summed E-state index contributed by atoms with van der Waals surface area (Å²) in [6.07, 6.45) is 0. The first kappa shape index (κ1) is 13.7. The molecule has 0 aromatic heterocycles. The van der Waals surface area contributed by atoms with Crippen LogP contribution in [0.2, 0.25) is 10.0 Å². The number of rotatable bonds is 3. The van der Waals surface area contributed by atoms with Crippen LogP contribution in [0.5, 0.6) is 0 Å². The molecule has 2 aromatic rings. The van der Waals surface area contributed by atoms with Gasteiger partial charge < -0.3 is 5.32 Å². The van der Waals surface area contributed by atoms with Crippen LogP contribution in [0.15, 0.2) is 40.9 Å². The van der Waals surface area contributed by atoms with E-state index in [0.717, 1.165) is 31.3 Å². The van der Waals surface area contributed by atoms with Crippen molar-refractivity contribution in [3.8, 4) is 0 Å². The fourth-order valence-corrected chi connectivity index (χ4v) is 2.53. The molecule has 94 valence electrons. The Morgan fingerprint density at radius 3 is 2.56 bits per heavy atom. The Morgan fingerprint density at radius 2 is 1.83 bits per heavy atom. The van der Waals surface area contributed by atoms with Crippen molar-refractivity contribution >= 4 is 44.8 Å². The minimum Gasteiger partial charge on any atom is -0.380 e. The highest BCUT2D eigenvalue weighted by atomic mass is 79.9. The first-order valence-electron chi connectivity index (χ1n) is 5.50. The van der Waals surface area contributed by atoms with Gasteiger partial charge in [-0.25, -0.2) is 0 Å². The molecule has 1 nitrogen and oxygen atoms in total. The number of benzene rings is 2. The predicted octanol–water partition coefficient (Wildman–Crippen LogP) is 5.68. The highest BCUT2D eigenvalue weighted by Gasteiger charge is 2.03. The smallest absolute Gasteiger partial charge is 0.0640 e. The van der Waals surface area contributed by atoms with Gasteiger partial charge in [-0.05, 0) is 48.4 Å². The van der Waals surface area contributed by atoms with Crippen LogP contribution in [0.1, 0.15) is 11.1 Å². The molecule has 0 aliphatic heterocycles. The molecule has 0 aliphatic rings. The Hall–Kier alpha value is -0.700. The number of hydrogen-bond donors (Lipinski definition) is 1. The molecule has 0 aliphatic carbocycles. The van der Waals surface area contributed by atoms with Crippen LogP contribution in [0, 0.1) is 6.92 Å². The summed E-state index contributed by atoms with van der Waals surface area (Å²) in [4.78, 5) is 0. The second kappa shape index (κ2) is 5.96. The number of halogens is 3. The lowest BCUT2D eigenvalue weighted by atomic mass is 10.2. The minimum atomic E-state index is 0.640. The molecule has 18 heavy (non-hydrogen) atoms. The molecular formula is C14H12BrCl2N. The molecule has 0 saturated heterocycles. The topological polar surface area (TPSA) is 12.0 Å². The van der Waals surface area contributed by atoms with E-state index in [-0.39, 0.29) is 0 Å². The first-order chi connectivity index (χ1) is 8.56. The van der Waals surface area contributed by atoms with Crippen molar-refractivity contribution in [1.29, 1.82) is 0 Å². The van der Waals surface area contributed by atoms with E-state index in [4.69, 9.17) is 23.2 Å². The molecule has 0 fully saturated rings. The predicted molar refractivity (Wildman–Crippen MR) is 82.7 cm³/mol. The van der Waals surface area contributed by atoms with E-state index in [2.05, 4.69) is 21.2 Å². The van der Waals surface area contributed by atoms with Crippen molar-refractivity contribution in [2.75, 3.05) is 5.32 Å². The van der Waals surface area contributed by atoms with Crippen molar-refractivity contribution in [2.45, 2.75) is 13.5 Å². The molecule has 0 bridgehead atoms. The SMILES string of the molecule is Cc1ccc(NCc2cc(Br)ccc2Cl)c(Cl)c1. The van der Waals surface area contributed by atoms with Crippen LogP contribution in [-0.4, -0.2) is 0 Å². The number of nitrogens with one attached hydrogen (secondary N) is 1. The normalized spacial score (nSPS) is 10.4. The summed E-state index contributed by atoms with van der Waals surface area (Å²) in [7, 11) is 0. The second-order valence-corrected chi connectivity index (χ2v) is 5.80. The van der Waals surface area contributed by atoms with E-state index in [1.54, 1.807) is 0 Å². The van der Waals surface area contributed by atoms with E-state index in [0.29, 0.717) is 6.54 Å². The van der Waals surface area contributed by atoms with Gasteiger partial charge >= 0.3 is 0 Å². The summed E-state index contributed by atoms with van der Waals surface area (Å²) >= 11 is 15.7. The highest BCUT2D eigenvalue weighted by molar-refractivity contribution is 9.10. The molecule has 4 heteroatoms. The van der Waals surface area contributed by atoms with Gasteiger partial charge in [-0.15, -0.1) is 0 Å². The van der Waals surface area contributed by atoms with E-state index in [9.17, 15) is 0 Å². The molecule has 0 atom stereocenters. The summed E-state index contributed by atoms with van der Waals surface area (Å²) in [5.41, 5.74) is 3.09. The fraction of sp³-hybridized carbons (Fsp3) is 0.143. The van der Waals surface area contributed by atoms with Crippen molar-refractivity contribution < 1.29 is 0 Å². The van der Waals surface area contributed by atoms with Crippen molar-refractivity contribution in [3.63, 3.8) is 0 Å². The van der Waals surface area contributed by atoms with Gasteiger partial charge in [0, 0.05) is 16.0 Å². The third-order valence-corrected chi connectivity index (χ3v) is 3.78. The molecule has 0 radical (unpaired) electrons. The van der Waals surface area contributed by atoms with Gasteiger partial charge in [-0.1, -0.05) is 45.2 Å². The van der Waals surface area contributed by atoms with Gasteiger partial charge in [0.25, 0.3) is 0 Å². The Labute approximate surface area is 125 Å². The van der Waals surface area contributed by atoms with Crippen LogP contribution in [-0.2, 0) is 6.54 Å². The van der Waals surface area contributed by atoms with Crippen LogP contribution >= 0.6 is 39.1 Å². The monoisotopic (exact) mass is 343 g/mol. The Balaban J connectivity index is 2.13. The Bertz CT molecular complexity index is 570. The number of aryl methyl sites for hydroxylation is 1. The zero-order valence-corrected chi connectivity index (χ0v) is 12.9. The van der Waals surface area contributed by atoms with Gasteiger partial charge in [0.15, 0.2) is 0 Å². The van der Waals surface area contributed by atoms with Crippen molar-refractivity contribution in [3.05, 3.63) is 62.0 Å². The van der Waals surface area contributed by atoms with E-state index >= 15 is 0 Å². The summed E-state index contributed by atoms with van der Waals surface area (Å²) in [5.74, 6) is 0. The Morgan fingerprint density at radius 1 is 1.06 bits per heavy atom. The lowest BCUT2D eigenvalue weighted by Gasteiger charge is -2.10. The standard InChI is InChI=1S/C14H12BrCl2N/c1-9-2-5-14(13(17)6-9)18-8-10-7-11(15)3-4-12(10)16/h2-7,18H,8H2,1H3. The summed E-state index contributed by atoms with van der Waals surface area (Å²) in [6, 6.07) is 11.7. The van der Waals surface area contributed by atoms with Gasteiger partial charge in [0.05, 0.1) is 10.7 Å². The molecule has 0 saturated carbocycles. The maximum Gasteiger partial charge on any atom is 0.0640 e. The first-order valence-corrected chi connectivity index (χ1v) is 7.05. The quantitative estimate of drug-likeness (QED) is 0.755. The average molecular weight is 345 g/mol. The summed E-state index contributed by atoms with van der Waals surface area (Å²) in [5, 5.41) is 4.75. The highest BCUT2D eigenvalue weighted by Crippen LogP contribution is 2.25. The molecule has 2 rings (SSSR count). The zero-order chi connectivity index (χ0) is 13.1. The number of hydrogen-bond acceptors (Lipinski definition) is 1. The van der Waals surface area contributed by atoms with Crippen molar-refractivity contribution in [2.24, 2.45) is 0 Å². The Kier molecular flexibility index (Phi) is 4.55. The van der Waals surface area contributed by atoms with Crippen LogP contribution < -0.4 is 5.32 Å². The summed E-state index contributed by atoms with van der Waals surface area (Å²) in [6.45, 7) is 2.65. The van der Waals surface area contributed by atoms with Crippen molar-refractivity contribution in [1.82, 2.24) is 0 Å². The van der Waals surface area contributed by atoms with Gasteiger partial charge in [-0.3, -0.25) is 0 Å². The van der Waals surface area contributed by atoms with E-state index in [1.807, 2.05) is 43.3 Å². The van der Waals surface area contributed by atoms with Gasteiger partial charge in [0.1, 0.15) is 0 Å². The van der Waals surface area contributed by atoms with Crippen LogP contribution in [0.25, 0.3) is 0 Å². The molecule has 0 amide bonds. The third-order valence-electron chi connectivity index (χ3n) is 2.60. The largest absolute Gasteiger partial charge is 0.380 e. The van der Waals surface area contributed by atoms with Gasteiger partial charge in [0.2, 0.25) is 0 Å². The maximum atomic E-state index is 6.16. The molecular weight excluding hydrogens is 333 g/mol. The lowest BCUT2D eigenvalue weighted by molar-refractivity contribution is 1.14. The molecule has 0 unspecified atom stereocenters. The average Bonchev–Trinajstić information content (AvgIpc) is 2.32. The molecule has 0 heterocycles. The minimum absolute atomic E-state index is 0.640. The zero-order valence-electron chi connectivity index (χ0n) is 9.81. The number of anilines is 1. The van der Waals surface area contributed by atoms with Gasteiger partial charge in [-0.2, -0.15) is 0 Å². The fourth-order valence-electron chi connectivity index (χ4n) is 1.63. The second-order valence-electron chi connectivity index (χ2n) is 4.07. The van der Waals surface area contributed by atoms with Crippen LogP contribution in [0.3, 0.4) is 0 Å². The molecule has 1 N–H and O–H groups in total. The van der Waals surface area contributed by atoms with E-state index < -0.39 is 0 Å². The maximum absolute atomic E-state index is 6.16. The third kappa shape index (κ3) is 3.41. The molecule has 2 aromatic carbocycles. The van der Waals surface area contributed by atoms with E-state index in [1.165, 1.54) is 0 Å². The lowest BCUT2D eigenvalue weighted by Crippen LogP contribution is -2.00. The molecule has 0 spiro atoms.